The van der Waals surface area contributed by atoms with E-state index in [0.29, 0.717) is 12.8 Å². The van der Waals surface area contributed by atoms with Crippen molar-refractivity contribution in [3.05, 3.63) is 23.8 Å². The summed E-state index contributed by atoms with van der Waals surface area (Å²) in [5.41, 5.74) is 6.19. The molecule has 1 aliphatic carbocycles. The third kappa shape index (κ3) is 2.68. The molecule has 1 heterocycles. The zero-order valence-electron chi connectivity index (χ0n) is 12.8. The number of rotatable bonds is 4. The lowest BCUT2D eigenvalue weighted by Gasteiger charge is -2.27. The molecule has 0 unspecified atom stereocenters. The van der Waals surface area contributed by atoms with Gasteiger partial charge in [0.05, 0.1) is 22.1 Å². The number of amides is 1. The second-order valence-electron chi connectivity index (χ2n) is 6.20. The standard InChI is InChI=1S/C15H18N2O6S/c16-8-1-4-12(24(22,23)9-2-3-9)11(7-8)13-10(14(18)19)5-6-17(13)15(20)21/h1,4,7,9-10,13H,2-3,5-6,16H2,(H,18,19)(H,20,21)/t10-,13-/m1/s1. The lowest BCUT2D eigenvalue weighted by atomic mass is 9.93. The maximum absolute atomic E-state index is 12.7. The SMILES string of the molecule is Nc1ccc(S(=O)(=O)C2CC2)c([C@H]2[C@H](C(=O)O)CCN2C(=O)O)c1. The molecule has 1 saturated carbocycles. The molecule has 1 aromatic rings. The second-order valence-corrected chi connectivity index (χ2v) is 8.39. The first-order valence-electron chi connectivity index (χ1n) is 7.59. The number of hydrogen-bond donors (Lipinski definition) is 3. The van der Waals surface area contributed by atoms with Crippen molar-refractivity contribution in [3.63, 3.8) is 0 Å². The van der Waals surface area contributed by atoms with Crippen LogP contribution >= 0.6 is 0 Å². The van der Waals surface area contributed by atoms with Crippen LogP contribution in [0.4, 0.5) is 10.5 Å². The van der Waals surface area contributed by atoms with Crippen molar-refractivity contribution >= 4 is 27.6 Å². The molecule has 2 fully saturated rings. The van der Waals surface area contributed by atoms with Gasteiger partial charge in [0.1, 0.15) is 0 Å². The Bertz CT molecular complexity index is 780. The Morgan fingerprint density at radius 3 is 2.38 bits per heavy atom. The summed E-state index contributed by atoms with van der Waals surface area (Å²) in [5.74, 6) is -2.16. The van der Waals surface area contributed by atoms with Crippen molar-refractivity contribution in [2.24, 2.45) is 5.92 Å². The van der Waals surface area contributed by atoms with Gasteiger partial charge in [-0.05, 0) is 43.0 Å². The van der Waals surface area contributed by atoms with Crippen molar-refractivity contribution in [1.82, 2.24) is 4.90 Å². The lowest BCUT2D eigenvalue weighted by Crippen LogP contribution is -2.33. The Morgan fingerprint density at radius 2 is 1.83 bits per heavy atom. The zero-order valence-corrected chi connectivity index (χ0v) is 13.6. The van der Waals surface area contributed by atoms with Crippen LogP contribution in [0.15, 0.2) is 23.1 Å². The molecule has 1 amide bonds. The molecular weight excluding hydrogens is 336 g/mol. The van der Waals surface area contributed by atoms with Gasteiger partial charge in [0.25, 0.3) is 0 Å². The number of nitrogen functional groups attached to an aromatic ring is 1. The number of anilines is 1. The zero-order chi connectivity index (χ0) is 17.6. The Morgan fingerprint density at radius 1 is 1.17 bits per heavy atom. The monoisotopic (exact) mass is 354 g/mol. The summed E-state index contributed by atoms with van der Waals surface area (Å²) in [6, 6.07) is 3.12. The molecule has 0 aromatic heterocycles. The van der Waals surface area contributed by atoms with Gasteiger partial charge in [-0.2, -0.15) is 0 Å². The lowest BCUT2D eigenvalue weighted by molar-refractivity contribution is -0.142. The molecule has 2 aliphatic rings. The molecule has 0 spiro atoms. The van der Waals surface area contributed by atoms with E-state index in [1.807, 2.05) is 0 Å². The number of carboxylic acid groups (broad SMARTS) is 2. The molecule has 1 aliphatic heterocycles. The van der Waals surface area contributed by atoms with Gasteiger partial charge in [0.15, 0.2) is 9.84 Å². The molecule has 8 nitrogen and oxygen atoms in total. The molecule has 1 aromatic carbocycles. The average Bonchev–Trinajstić information content (AvgIpc) is 3.25. The highest BCUT2D eigenvalue weighted by molar-refractivity contribution is 7.92. The normalized spacial score (nSPS) is 24.1. The number of benzene rings is 1. The van der Waals surface area contributed by atoms with Crippen molar-refractivity contribution in [2.75, 3.05) is 12.3 Å². The van der Waals surface area contributed by atoms with Crippen LogP contribution in [0, 0.1) is 5.92 Å². The van der Waals surface area contributed by atoms with E-state index in [4.69, 9.17) is 5.73 Å². The van der Waals surface area contributed by atoms with Gasteiger partial charge in [-0.3, -0.25) is 4.79 Å². The molecule has 24 heavy (non-hydrogen) atoms. The van der Waals surface area contributed by atoms with Crippen LogP contribution in [-0.2, 0) is 14.6 Å². The molecule has 1 saturated heterocycles. The number of hydrogen-bond acceptors (Lipinski definition) is 5. The summed E-state index contributed by atoms with van der Waals surface area (Å²) in [6.07, 6.45) is -0.0332. The predicted octanol–water partition coefficient (Wildman–Crippen LogP) is 1.33. The number of nitrogens with zero attached hydrogens (tertiary/aromatic N) is 1. The van der Waals surface area contributed by atoms with Crippen molar-refractivity contribution in [3.8, 4) is 0 Å². The van der Waals surface area contributed by atoms with Gasteiger partial charge in [0, 0.05) is 12.2 Å². The Balaban J connectivity index is 2.17. The van der Waals surface area contributed by atoms with Crippen LogP contribution in [0.3, 0.4) is 0 Å². The van der Waals surface area contributed by atoms with E-state index in [9.17, 15) is 28.2 Å². The van der Waals surface area contributed by atoms with Crippen LogP contribution in [0.2, 0.25) is 0 Å². The molecule has 4 N–H and O–H groups in total. The van der Waals surface area contributed by atoms with E-state index in [0.717, 1.165) is 4.90 Å². The molecular formula is C15H18N2O6S. The number of carbonyl (C=O) groups is 2. The third-order valence-electron chi connectivity index (χ3n) is 4.58. The Kier molecular flexibility index (Phi) is 3.90. The highest BCUT2D eigenvalue weighted by atomic mass is 32.2. The van der Waals surface area contributed by atoms with E-state index in [1.165, 1.54) is 18.2 Å². The largest absolute Gasteiger partial charge is 0.481 e. The quantitative estimate of drug-likeness (QED) is 0.693. The average molecular weight is 354 g/mol. The molecule has 2 atom stereocenters. The predicted molar refractivity (Wildman–Crippen MR) is 84.3 cm³/mol. The first-order valence-corrected chi connectivity index (χ1v) is 9.14. The fourth-order valence-electron chi connectivity index (χ4n) is 3.27. The fourth-order valence-corrected chi connectivity index (χ4v) is 5.15. The Labute approximate surface area is 138 Å². The fraction of sp³-hybridized carbons (Fsp3) is 0.467. The van der Waals surface area contributed by atoms with Gasteiger partial charge in [-0.1, -0.05) is 0 Å². The molecule has 0 radical (unpaired) electrons. The molecule has 3 rings (SSSR count). The van der Waals surface area contributed by atoms with Crippen molar-refractivity contribution < 1.29 is 28.2 Å². The number of carboxylic acids is 1. The van der Waals surface area contributed by atoms with Gasteiger partial charge in [0.2, 0.25) is 0 Å². The van der Waals surface area contributed by atoms with E-state index in [-0.39, 0.29) is 29.1 Å². The van der Waals surface area contributed by atoms with Gasteiger partial charge < -0.3 is 20.8 Å². The smallest absolute Gasteiger partial charge is 0.407 e. The first-order chi connectivity index (χ1) is 11.2. The van der Waals surface area contributed by atoms with Gasteiger partial charge in [-0.15, -0.1) is 0 Å². The number of likely N-dealkylation sites (tertiary alicyclic amines) is 1. The van der Waals surface area contributed by atoms with E-state index in [2.05, 4.69) is 0 Å². The summed E-state index contributed by atoms with van der Waals surface area (Å²) < 4.78 is 25.4. The summed E-state index contributed by atoms with van der Waals surface area (Å²) >= 11 is 0. The molecule has 0 bridgehead atoms. The summed E-state index contributed by atoms with van der Waals surface area (Å²) in [6.45, 7) is 0.0364. The van der Waals surface area contributed by atoms with Crippen LogP contribution < -0.4 is 5.73 Å². The minimum atomic E-state index is -3.62. The summed E-state index contributed by atoms with van der Waals surface area (Å²) in [4.78, 5) is 24.0. The number of aliphatic carboxylic acids is 1. The highest BCUT2D eigenvalue weighted by Gasteiger charge is 2.46. The topological polar surface area (TPSA) is 138 Å². The van der Waals surface area contributed by atoms with Gasteiger partial charge >= 0.3 is 12.1 Å². The minimum Gasteiger partial charge on any atom is -0.481 e. The van der Waals surface area contributed by atoms with Crippen LogP contribution in [0.5, 0.6) is 0 Å². The first kappa shape index (κ1) is 16.6. The van der Waals surface area contributed by atoms with Crippen LogP contribution in [-0.4, -0.2) is 47.4 Å². The number of nitrogens with two attached hydrogens (primary N) is 1. The third-order valence-corrected chi connectivity index (χ3v) is 6.92. The van der Waals surface area contributed by atoms with Gasteiger partial charge in [-0.25, -0.2) is 13.2 Å². The maximum Gasteiger partial charge on any atom is 0.407 e. The van der Waals surface area contributed by atoms with E-state index < -0.39 is 39.1 Å². The number of sulfone groups is 1. The molecule has 130 valence electrons. The summed E-state index contributed by atoms with van der Waals surface area (Å²) in [7, 11) is -3.62. The van der Waals surface area contributed by atoms with E-state index in [1.54, 1.807) is 0 Å². The van der Waals surface area contributed by atoms with Crippen molar-refractivity contribution in [1.29, 1.82) is 0 Å². The molecule has 9 heteroatoms. The second kappa shape index (κ2) is 5.66. The highest BCUT2D eigenvalue weighted by Crippen LogP contribution is 2.43. The van der Waals surface area contributed by atoms with Crippen LogP contribution in [0.25, 0.3) is 0 Å². The minimum absolute atomic E-state index is 0.0106. The summed E-state index contributed by atoms with van der Waals surface area (Å²) in [5, 5.41) is 18.3. The maximum atomic E-state index is 12.7. The van der Waals surface area contributed by atoms with Crippen molar-refractivity contribution in [2.45, 2.75) is 35.4 Å². The Hall–Kier alpha value is -2.29. The van der Waals surface area contributed by atoms with E-state index >= 15 is 0 Å². The van der Waals surface area contributed by atoms with Crippen LogP contribution in [0.1, 0.15) is 30.9 Å².